The third-order valence-corrected chi connectivity index (χ3v) is 5.31. The number of hydrogen-bond donors (Lipinski definition) is 3. The van der Waals surface area contributed by atoms with Crippen LogP contribution < -0.4 is 10.6 Å². The Bertz CT molecular complexity index is 962. The van der Waals surface area contributed by atoms with Crippen LogP contribution in [-0.2, 0) is 32.1 Å². The number of morpholine rings is 1. The number of aliphatic carboxylic acids is 1. The van der Waals surface area contributed by atoms with E-state index >= 15 is 0 Å². The second kappa shape index (κ2) is 12.7. The molecule has 10 heteroatoms. The number of nitrogens with one attached hydrogen (secondary N) is 2. The molecule has 1 atom stereocenters. The van der Waals surface area contributed by atoms with Gasteiger partial charge in [-0.3, -0.25) is 9.69 Å². The number of carbonyl (C=O) groups excluding carboxylic acids is 2. The Morgan fingerprint density at radius 2 is 1.68 bits per heavy atom. The van der Waals surface area contributed by atoms with Gasteiger partial charge in [0.1, 0.15) is 18.5 Å². The van der Waals surface area contributed by atoms with Gasteiger partial charge >= 0.3 is 12.1 Å². The Balaban J connectivity index is 1.40. The van der Waals surface area contributed by atoms with E-state index in [0.717, 1.165) is 13.1 Å². The molecule has 0 aromatic heterocycles. The van der Waals surface area contributed by atoms with Gasteiger partial charge in [-0.2, -0.15) is 0 Å². The molecule has 182 valence electrons. The number of amides is 2. The van der Waals surface area contributed by atoms with Crippen molar-refractivity contribution in [3.05, 3.63) is 65.5 Å². The Hall–Kier alpha value is -3.50. The number of rotatable bonds is 10. The summed E-state index contributed by atoms with van der Waals surface area (Å²) in [5.74, 6) is -1.72. The number of nitrogens with zero attached hydrogens (tertiary/aromatic N) is 1. The number of carbonyl (C=O) groups is 3. The van der Waals surface area contributed by atoms with Crippen LogP contribution in [0.5, 0.6) is 0 Å². The SMILES string of the molecule is O=C(Cc1ccc(F)cc1)Nc1ccc(COC(=O)N[C@@H](CCN2CCOCC2)C(=O)O)cc1. The summed E-state index contributed by atoms with van der Waals surface area (Å²) < 4.78 is 23.4. The van der Waals surface area contributed by atoms with E-state index in [1.54, 1.807) is 36.4 Å². The summed E-state index contributed by atoms with van der Waals surface area (Å²) in [4.78, 5) is 37.8. The van der Waals surface area contributed by atoms with Crippen LogP contribution in [0.25, 0.3) is 0 Å². The van der Waals surface area contributed by atoms with Crippen molar-refractivity contribution in [3.8, 4) is 0 Å². The number of carboxylic acids is 1. The first-order valence-electron chi connectivity index (χ1n) is 11.0. The molecule has 3 rings (SSSR count). The number of hydrogen-bond acceptors (Lipinski definition) is 6. The third kappa shape index (κ3) is 8.45. The van der Waals surface area contributed by atoms with Gasteiger partial charge in [-0.05, 0) is 41.8 Å². The lowest BCUT2D eigenvalue weighted by Gasteiger charge is -2.27. The van der Waals surface area contributed by atoms with Gasteiger partial charge in [0.25, 0.3) is 0 Å². The highest BCUT2D eigenvalue weighted by Crippen LogP contribution is 2.12. The second-order valence-corrected chi connectivity index (χ2v) is 7.90. The average molecular weight is 474 g/mol. The van der Waals surface area contributed by atoms with Crippen molar-refractivity contribution in [1.82, 2.24) is 10.2 Å². The summed E-state index contributed by atoms with van der Waals surface area (Å²) >= 11 is 0. The fourth-order valence-corrected chi connectivity index (χ4v) is 3.40. The monoisotopic (exact) mass is 473 g/mol. The molecule has 0 radical (unpaired) electrons. The highest BCUT2D eigenvalue weighted by molar-refractivity contribution is 5.92. The van der Waals surface area contributed by atoms with E-state index in [4.69, 9.17) is 9.47 Å². The molecule has 0 unspecified atom stereocenters. The quantitative estimate of drug-likeness (QED) is 0.485. The molecule has 1 saturated heterocycles. The van der Waals surface area contributed by atoms with E-state index in [-0.39, 0.29) is 31.2 Å². The highest BCUT2D eigenvalue weighted by atomic mass is 19.1. The van der Waals surface area contributed by atoms with Crippen molar-refractivity contribution in [2.45, 2.75) is 25.5 Å². The van der Waals surface area contributed by atoms with Crippen LogP contribution >= 0.6 is 0 Å². The van der Waals surface area contributed by atoms with Gasteiger partial charge in [0.05, 0.1) is 19.6 Å². The first-order valence-corrected chi connectivity index (χ1v) is 11.0. The molecular weight excluding hydrogens is 445 g/mol. The van der Waals surface area contributed by atoms with E-state index in [0.29, 0.717) is 36.6 Å². The largest absolute Gasteiger partial charge is 0.480 e. The number of benzene rings is 2. The van der Waals surface area contributed by atoms with Crippen LogP contribution in [-0.4, -0.2) is 66.9 Å². The Kier molecular flexibility index (Phi) is 9.36. The molecule has 1 aliphatic heterocycles. The van der Waals surface area contributed by atoms with Gasteiger partial charge in [-0.25, -0.2) is 14.0 Å². The number of ether oxygens (including phenoxy) is 2. The molecular formula is C24H28FN3O6. The predicted molar refractivity (Wildman–Crippen MR) is 122 cm³/mol. The van der Waals surface area contributed by atoms with Crippen molar-refractivity contribution in [2.24, 2.45) is 0 Å². The normalized spacial score (nSPS) is 14.7. The zero-order valence-electron chi connectivity index (χ0n) is 18.7. The van der Waals surface area contributed by atoms with E-state index < -0.39 is 18.1 Å². The van der Waals surface area contributed by atoms with Gasteiger partial charge in [0.2, 0.25) is 5.91 Å². The van der Waals surface area contributed by atoms with Crippen LogP contribution in [0.15, 0.2) is 48.5 Å². The third-order valence-electron chi connectivity index (χ3n) is 5.31. The Labute approximate surface area is 196 Å². The topological polar surface area (TPSA) is 117 Å². The fourth-order valence-electron chi connectivity index (χ4n) is 3.40. The summed E-state index contributed by atoms with van der Waals surface area (Å²) in [5, 5.41) is 14.5. The molecule has 2 aromatic carbocycles. The first kappa shape index (κ1) is 25.1. The summed E-state index contributed by atoms with van der Waals surface area (Å²) in [7, 11) is 0. The Morgan fingerprint density at radius 1 is 1.03 bits per heavy atom. The van der Waals surface area contributed by atoms with Gasteiger partial charge in [0, 0.05) is 25.3 Å². The minimum absolute atomic E-state index is 0.0502. The summed E-state index contributed by atoms with van der Waals surface area (Å²) in [6.45, 7) is 3.19. The van der Waals surface area contributed by atoms with Crippen molar-refractivity contribution < 1.29 is 33.4 Å². The maximum absolute atomic E-state index is 13.0. The molecule has 1 heterocycles. The smallest absolute Gasteiger partial charge is 0.408 e. The minimum Gasteiger partial charge on any atom is -0.480 e. The molecule has 0 aliphatic carbocycles. The molecule has 3 N–H and O–H groups in total. The first-order chi connectivity index (χ1) is 16.4. The molecule has 0 spiro atoms. The summed E-state index contributed by atoms with van der Waals surface area (Å²) in [5.41, 5.74) is 1.93. The molecule has 9 nitrogen and oxygen atoms in total. The number of alkyl carbamates (subject to hydrolysis) is 1. The van der Waals surface area contributed by atoms with Crippen molar-refractivity contribution >= 4 is 23.7 Å². The molecule has 2 aromatic rings. The zero-order valence-corrected chi connectivity index (χ0v) is 18.7. The van der Waals surface area contributed by atoms with Gasteiger partial charge in [0.15, 0.2) is 0 Å². The standard InChI is InChI=1S/C24H28FN3O6/c25-19-5-1-17(2-6-19)15-22(29)26-20-7-3-18(4-8-20)16-34-24(32)27-21(23(30)31)9-10-28-11-13-33-14-12-28/h1-8,21H,9-16H2,(H,26,29)(H,27,32)(H,30,31)/t21-/m0/s1. The predicted octanol–water partition coefficient (Wildman–Crippen LogP) is 2.41. The fraction of sp³-hybridized carbons (Fsp3) is 0.375. The van der Waals surface area contributed by atoms with Gasteiger partial charge < -0.3 is 25.2 Å². The van der Waals surface area contributed by atoms with Gasteiger partial charge in [-0.15, -0.1) is 0 Å². The Morgan fingerprint density at radius 3 is 2.32 bits per heavy atom. The van der Waals surface area contributed by atoms with Crippen LogP contribution in [0.2, 0.25) is 0 Å². The van der Waals surface area contributed by atoms with Crippen molar-refractivity contribution in [3.63, 3.8) is 0 Å². The number of halogens is 1. The molecule has 0 bridgehead atoms. The lowest BCUT2D eigenvalue weighted by Crippen LogP contribution is -2.45. The van der Waals surface area contributed by atoms with E-state index in [9.17, 15) is 23.9 Å². The van der Waals surface area contributed by atoms with Crippen molar-refractivity contribution in [2.75, 3.05) is 38.2 Å². The van der Waals surface area contributed by atoms with Gasteiger partial charge in [-0.1, -0.05) is 24.3 Å². The van der Waals surface area contributed by atoms with E-state index in [1.807, 2.05) is 0 Å². The summed E-state index contributed by atoms with van der Waals surface area (Å²) in [6.07, 6.45) is -0.440. The van der Waals surface area contributed by atoms with Crippen LogP contribution in [0.1, 0.15) is 17.5 Å². The lowest BCUT2D eigenvalue weighted by molar-refractivity contribution is -0.139. The van der Waals surface area contributed by atoms with Crippen molar-refractivity contribution in [1.29, 1.82) is 0 Å². The van der Waals surface area contributed by atoms with Crippen LogP contribution in [0.4, 0.5) is 14.9 Å². The minimum atomic E-state index is -1.12. The molecule has 2 amide bonds. The maximum atomic E-state index is 13.0. The number of carboxylic acid groups (broad SMARTS) is 1. The van der Waals surface area contributed by atoms with Crippen LogP contribution in [0.3, 0.4) is 0 Å². The zero-order chi connectivity index (χ0) is 24.3. The highest BCUT2D eigenvalue weighted by Gasteiger charge is 2.22. The van der Waals surface area contributed by atoms with E-state index in [2.05, 4.69) is 15.5 Å². The molecule has 0 saturated carbocycles. The number of anilines is 1. The molecule has 1 aliphatic rings. The lowest BCUT2D eigenvalue weighted by atomic mass is 10.1. The summed E-state index contributed by atoms with van der Waals surface area (Å²) in [6, 6.07) is 11.4. The maximum Gasteiger partial charge on any atom is 0.408 e. The van der Waals surface area contributed by atoms with Crippen LogP contribution in [0, 0.1) is 5.82 Å². The van der Waals surface area contributed by atoms with E-state index in [1.165, 1.54) is 12.1 Å². The molecule has 1 fully saturated rings. The average Bonchev–Trinajstić information content (AvgIpc) is 2.83. The molecule has 34 heavy (non-hydrogen) atoms. The second-order valence-electron chi connectivity index (χ2n) is 7.90.